The molecule has 2 nitrogen and oxygen atoms in total. The molecule has 0 amide bonds. The third-order valence-electron chi connectivity index (χ3n) is 1.98. The van der Waals surface area contributed by atoms with Gasteiger partial charge in [0, 0.05) is 7.11 Å². The highest BCUT2D eigenvalue weighted by molar-refractivity contribution is 4.73. The van der Waals surface area contributed by atoms with Gasteiger partial charge in [0.25, 0.3) is 0 Å². The molecule has 0 aliphatic heterocycles. The Labute approximate surface area is 81.9 Å². The maximum absolute atomic E-state index is 5.48. The SMILES string of the molecule is C=CC[C@H](CCCCC)OCOC. The van der Waals surface area contributed by atoms with Gasteiger partial charge in [-0.1, -0.05) is 32.3 Å². The first-order chi connectivity index (χ1) is 6.35. The van der Waals surface area contributed by atoms with Crippen LogP contribution in [0.1, 0.15) is 39.0 Å². The normalized spacial score (nSPS) is 12.8. The van der Waals surface area contributed by atoms with E-state index < -0.39 is 0 Å². The Hall–Kier alpha value is -0.340. The predicted molar refractivity (Wildman–Crippen MR) is 55.7 cm³/mol. The lowest BCUT2D eigenvalue weighted by Crippen LogP contribution is -2.13. The first-order valence-electron chi connectivity index (χ1n) is 5.06. The van der Waals surface area contributed by atoms with E-state index in [1.807, 2.05) is 6.08 Å². The maximum atomic E-state index is 5.48. The Morgan fingerprint density at radius 1 is 1.38 bits per heavy atom. The van der Waals surface area contributed by atoms with E-state index in [0.717, 1.165) is 12.8 Å². The summed E-state index contributed by atoms with van der Waals surface area (Å²) in [5.41, 5.74) is 0. The van der Waals surface area contributed by atoms with Crippen LogP contribution in [0.15, 0.2) is 12.7 Å². The zero-order valence-electron chi connectivity index (χ0n) is 8.92. The smallest absolute Gasteiger partial charge is 0.146 e. The maximum Gasteiger partial charge on any atom is 0.146 e. The van der Waals surface area contributed by atoms with Crippen molar-refractivity contribution in [1.82, 2.24) is 0 Å². The molecule has 0 saturated carbocycles. The minimum Gasteiger partial charge on any atom is -0.359 e. The van der Waals surface area contributed by atoms with E-state index in [2.05, 4.69) is 13.5 Å². The van der Waals surface area contributed by atoms with E-state index in [1.165, 1.54) is 19.3 Å². The zero-order chi connectivity index (χ0) is 9.94. The molecule has 0 spiro atoms. The van der Waals surface area contributed by atoms with Crippen molar-refractivity contribution >= 4 is 0 Å². The predicted octanol–water partition coefficient (Wildman–Crippen LogP) is 3.13. The molecule has 0 aromatic heterocycles. The molecule has 0 saturated heterocycles. The molecule has 0 aliphatic carbocycles. The molecule has 0 heterocycles. The van der Waals surface area contributed by atoms with Gasteiger partial charge >= 0.3 is 0 Å². The summed E-state index contributed by atoms with van der Waals surface area (Å²) in [7, 11) is 1.65. The first-order valence-corrected chi connectivity index (χ1v) is 5.06. The topological polar surface area (TPSA) is 18.5 Å². The first kappa shape index (κ1) is 12.7. The molecule has 0 bridgehead atoms. The van der Waals surface area contributed by atoms with E-state index in [1.54, 1.807) is 7.11 Å². The third-order valence-corrected chi connectivity index (χ3v) is 1.98. The minimum atomic E-state index is 0.295. The highest BCUT2D eigenvalue weighted by Crippen LogP contribution is 2.10. The number of hydrogen-bond acceptors (Lipinski definition) is 2. The lowest BCUT2D eigenvalue weighted by atomic mass is 10.1. The summed E-state index contributed by atoms with van der Waals surface area (Å²) in [6.07, 6.45) is 8.01. The Bertz CT molecular complexity index is 113. The fraction of sp³-hybridized carbons (Fsp3) is 0.818. The number of methoxy groups -OCH3 is 1. The quantitative estimate of drug-likeness (QED) is 0.313. The average molecular weight is 186 g/mol. The van der Waals surface area contributed by atoms with Gasteiger partial charge < -0.3 is 9.47 Å². The second-order valence-electron chi connectivity index (χ2n) is 3.22. The summed E-state index contributed by atoms with van der Waals surface area (Å²) < 4.78 is 10.4. The van der Waals surface area contributed by atoms with Gasteiger partial charge in [-0.3, -0.25) is 0 Å². The Kier molecular flexibility index (Phi) is 9.49. The Balaban J connectivity index is 3.47. The van der Waals surface area contributed by atoms with Gasteiger partial charge in [0.1, 0.15) is 6.79 Å². The van der Waals surface area contributed by atoms with Gasteiger partial charge in [-0.2, -0.15) is 0 Å². The van der Waals surface area contributed by atoms with Crippen molar-refractivity contribution in [3.05, 3.63) is 12.7 Å². The number of ether oxygens (including phenoxy) is 2. The van der Waals surface area contributed by atoms with Crippen LogP contribution in [0.5, 0.6) is 0 Å². The molecular formula is C11H22O2. The number of unbranched alkanes of at least 4 members (excludes halogenated alkanes) is 2. The van der Waals surface area contributed by atoms with Crippen LogP contribution in [-0.2, 0) is 9.47 Å². The van der Waals surface area contributed by atoms with E-state index in [-0.39, 0.29) is 0 Å². The van der Waals surface area contributed by atoms with Gasteiger partial charge in [-0.05, 0) is 12.8 Å². The molecule has 78 valence electrons. The Morgan fingerprint density at radius 3 is 2.69 bits per heavy atom. The van der Waals surface area contributed by atoms with E-state index in [9.17, 15) is 0 Å². The van der Waals surface area contributed by atoms with Crippen molar-refractivity contribution in [2.45, 2.75) is 45.1 Å². The second kappa shape index (κ2) is 9.75. The lowest BCUT2D eigenvalue weighted by molar-refractivity contribution is -0.0732. The summed E-state index contributed by atoms with van der Waals surface area (Å²) in [6.45, 7) is 6.32. The van der Waals surface area contributed by atoms with Crippen LogP contribution in [0.3, 0.4) is 0 Å². The van der Waals surface area contributed by atoms with Crippen molar-refractivity contribution < 1.29 is 9.47 Å². The van der Waals surface area contributed by atoms with Crippen LogP contribution in [0, 0.1) is 0 Å². The van der Waals surface area contributed by atoms with E-state index in [4.69, 9.17) is 9.47 Å². The van der Waals surface area contributed by atoms with Crippen molar-refractivity contribution in [3.8, 4) is 0 Å². The second-order valence-corrected chi connectivity index (χ2v) is 3.22. The van der Waals surface area contributed by atoms with E-state index >= 15 is 0 Å². The summed E-state index contributed by atoms with van der Waals surface area (Å²) in [6, 6.07) is 0. The fourth-order valence-electron chi connectivity index (χ4n) is 1.24. The molecule has 0 N–H and O–H groups in total. The van der Waals surface area contributed by atoms with Crippen molar-refractivity contribution in [2.75, 3.05) is 13.9 Å². The lowest BCUT2D eigenvalue weighted by Gasteiger charge is -2.15. The summed E-state index contributed by atoms with van der Waals surface area (Å²) in [5.74, 6) is 0. The van der Waals surface area contributed by atoms with Crippen molar-refractivity contribution in [1.29, 1.82) is 0 Å². The molecular weight excluding hydrogens is 164 g/mol. The Morgan fingerprint density at radius 2 is 2.15 bits per heavy atom. The third kappa shape index (κ3) is 8.00. The standard InChI is InChI=1S/C11H22O2/c1-4-6-7-9-11(8-5-2)13-10-12-3/h5,11H,2,4,6-10H2,1,3H3/t11-/m1/s1. The fourth-order valence-corrected chi connectivity index (χ4v) is 1.24. The summed E-state index contributed by atoms with van der Waals surface area (Å²) in [4.78, 5) is 0. The zero-order valence-corrected chi connectivity index (χ0v) is 8.92. The van der Waals surface area contributed by atoms with Crippen LogP contribution >= 0.6 is 0 Å². The monoisotopic (exact) mass is 186 g/mol. The number of hydrogen-bond donors (Lipinski definition) is 0. The summed E-state index contributed by atoms with van der Waals surface area (Å²) in [5, 5.41) is 0. The number of rotatable bonds is 9. The molecule has 0 radical (unpaired) electrons. The highest BCUT2D eigenvalue weighted by Gasteiger charge is 2.05. The summed E-state index contributed by atoms with van der Waals surface area (Å²) >= 11 is 0. The van der Waals surface area contributed by atoms with Crippen LogP contribution in [0.2, 0.25) is 0 Å². The highest BCUT2D eigenvalue weighted by atomic mass is 16.7. The molecule has 0 unspecified atom stereocenters. The molecule has 13 heavy (non-hydrogen) atoms. The van der Waals surface area contributed by atoms with Crippen molar-refractivity contribution in [2.24, 2.45) is 0 Å². The largest absolute Gasteiger partial charge is 0.359 e. The molecule has 1 atom stereocenters. The van der Waals surface area contributed by atoms with Gasteiger partial charge in [0.15, 0.2) is 0 Å². The van der Waals surface area contributed by atoms with Gasteiger partial charge in [-0.25, -0.2) is 0 Å². The van der Waals surface area contributed by atoms with Crippen LogP contribution in [0.4, 0.5) is 0 Å². The molecule has 0 aliphatic rings. The van der Waals surface area contributed by atoms with Crippen LogP contribution < -0.4 is 0 Å². The van der Waals surface area contributed by atoms with Gasteiger partial charge in [0.2, 0.25) is 0 Å². The van der Waals surface area contributed by atoms with Gasteiger partial charge in [0.05, 0.1) is 6.10 Å². The molecule has 0 aromatic carbocycles. The van der Waals surface area contributed by atoms with Gasteiger partial charge in [-0.15, -0.1) is 6.58 Å². The van der Waals surface area contributed by atoms with Crippen LogP contribution in [-0.4, -0.2) is 20.0 Å². The average Bonchev–Trinajstić information content (AvgIpc) is 2.14. The molecule has 0 aromatic rings. The molecule has 0 rings (SSSR count). The molecule has 2 heteroatoms. The minimum absolute atomic E-state index is 0.295. The van der Waals surface area contributed by atoms with Crippen LogP contribution in [0.25, 0.3) is 0 Å². The van der Waals surface area contributed by atoms with Crippen molar-refractivity contribution in [3.63, 3.8) is 0 Å². The van der Waals surface area contributed by atoms with E-state index in [0.29, 0.717) is 12.9 Å². The molecule has 0 fully saturated rings.